The smallest absolute Gasteiger partial charge is 0.226 e. The molecule has 0 saturated heterocycles. The number of rotatable bonds is 7. The first kappa shape index (κ1) is 23.9. The zero-order chi connectivity index (χ0) is 19.6. The number of nitrogens with one attached hydrogen (secondary N) is 3. The van der Waals surface area contributed by atoms with Crippen LogP contribution in [0, 0.1) is 11.7 Å². The number of nitrogens with zero attached hydrogens (tertiary/aromatic N) is 1. The molecule has 0 atom stereocenters. The molecule has 1 amide bonds. The van der Waals surface area contributed by atoms with Crippen molar-refractivity contribution >= 4 is 41.5 Å². The van der Waals surface area contributed by atoms with Crippen molar-refractivity contribution in [3.63, 3.8) is 0 Å². The molecule has 0 spiro atoms. The molecule has 0 unspecified atom stereocenters. The van der Waals surface area contributed by atoms with E-state index in [2.05, 4.69) is 20.9 Å². The van der Waals surface area contributed by atoms with Crippen LogP contribution in [0.1, 0.15) is 31.9 Å². The van der Waals surface area contributed by atoms with Crippen molar-refractivity contribution in [2.45, 2.75) is 33.9 Å². The minimum atomic E-state index is -0.259. The van der Waals surface area contributed by atoms with Crippen molar-refractivity contribution in [2.24, 2.45) is 10.9 Å². The molecule has 0 radical (unpaired) electrons. The van der Waals surface area contributed by atoms with E-state index < -0.39 is 0 Å². The third-order valence-corrected chi connectivity index (χ3v) is 3.86. The van der Waals surface area contributed by atoms with Gasteiger partial charge in [0.1, 0.15) is 5.82 Å². The van der Waals surface area contributed by atoms with Gasteiger partial charge in [-0.25, -0.2) is 9.38 Å². The summed E-state index contributed by atoms with van der Waals surface area (Å²) in [5, 5.41) is 9.30. The minimum Gasteiger partial charge on any atom is -0.357 e. The molecule has 2 aromatic rings. The van der Waals surface area contributed by atoms with Gasteiger partial charge in [0.05, 0.1) is 6.54 Å². The van der Waals surface area contributed by atoms with Gasteiger partial charge in [0.15, 0.2) is 5.96 Å². The predicted octanol–water partition coefficient (Wildman–Crippen LogP) is 4.29. The number of anilines is 1. The summed E-state index contributed by atoms with van der Waals surface area (Å²) in [6.07, 6.45) is 0. The molecule has 3 N–H and O–H groups in total. The fourth-order valence-electron chi connectivity index (χ4n) is 2.33. The fraction of sp³-hybridized carbons (Fsp3) is 0.333. The number of benzene rings is 2. The molecular weight excluding hydrogens is 470 g/mol. The van der Waals surface area contributed by atoms with E-state index in [1.54, 1.807) is 6.07 Å². The summed E-state index contributed by atoms with van der Waals surface area (Å²) in [6.45, 7) is 7.43. The summed E-state index contributed by atoms with van der Waals surface area (Å²) in [5.41, 5.74) is 2.66. The molecule has 2 rings (SSSR count). The zero-order valence-corrected chi connectivity index (χ0v) is 18.8. The number of aliphatic imine (C=N–C) groups is 1. The van der Waals surface area contributed by atoms with E-state index in [1.165, 1.54) is 12.1 Å². The molecule has 0 heterocycles. The normalized spacial score (nSPS) is 11.0. The van der Waals surface area contributed by atoms with Crippen LogP contribution in [0.15, 0.2) is 53.5 Å². The van der Waals surface area contributed by atoms with Gasteiger partial charge in [0, 0.05) is 24.7 Å². The van der Waals surface area contributed by atoms with Gasteiger partial charge in [-0.2, -0.15) is 0 Å². The molecule has 0 fully saturated rings. The summed E-state index contributed by atoms with van der Waals surface area (Å²) in [6, 6.07) is 14.1. The van der Waals surface area contributed by atoms with Gasteiger partial charge >= 0.3 is 0 Å². The Morgan fingerprint density at radius 3 is 2.39 bits per heavy atom. The molecule has 0 aromatic heterocycles. The second-order valence-electron chi connectivity index (χ2n) is 6.52. The maximum absolute atomic E-state index is 13.3. The molecule has 7 heteroatoms. The minimum absolute atomic E-state index is 0. The highest BCUT2D eigenvalue weighted by Gasteiger charge is 2.06. The average Bonchev–Trinajstić information content (AvgIpc) is 2.65. The monoisotopic (exact) mass is 498 g/mol. The highest BCUT2D eigenvalue weighted by Crippen LogP contribution is 2.11. The van der Waals surface area contributed by atoms with Crippen LogP contribution in [0.3, 0.4) is 0 Å². The van der Waals surface area contributed by atoms with Crippen LogP contribution in [0.4, 0.5) is 10.1 Å². The average molecular weight is 498 g/mol. The van der Waals surface area contributed by atoms with Crippen molar-refractivity contribution in [2.75, 3.05) is 11.9 Å². The lowest BCUT2D eigenvalue weighted by molar-refractivity contribution is -0.118. The Balaban J connectivity index is 0.00000392. The van der Waals surface area contributed by atoms with E-state index in [0.717, 1.165) is 23.4 Å². The maximum atomic E-state index is 13.3. The number of halogens is 2. The van der Waals surface area contributed by atoms with Crippen LogP contribution in [0.2, 0.25) is 0 Å². The van der Waals surface area contributed by atoms with Crippen molar-refractivity contribution in [1.82, 2.24) is 10.6 Å². The molecule has 2 aromatic carbocycles. The molecule has 0 saturated carbocycles. The van der Waals surface area contributed by atoms with Crippen LogP contribution < -0.4 is 16.0 Å². The van der Waals surface area contributed by atoms with E-state index in [1.807, 2.05) is 51.1 Å². The third-order valence-electron chi connectivity index (χ3n) is 3.86. The van der Waals surface area contributed by atoms with E-state index in [9.17, 15) is 9.18 Å². The molecule has 0 bridgehead atoms. The Bertz CT molecular complexity index is 778. The van der Waals surface area contributed by atoms with Gasteiger partial charge in [-0.3, -0.25) is 4.79 Å². The van der Waals surface area contributed by atoms with Gasteiger partial charge in [0.25, 0.3) is 0 Å². The predicted molar refractivity (Wildman–Crippen MR) is 123 cm³/mol. The second kappa shape index (κ2) is 12.3. The Morgan fingerprint density at radius 2 is 1.79 bits per heavy atom. The molecule has 152 valence electrons. The first-order valence-corrected chi connectivity index (χ1v) is 9.14. The van der Waals surface area contributed by atoms with Crippen LogP contribution >= 0.6 is 24.0 Å². The lowest BCUT2D eigenvalue weighted by Gasteiger charge is -2.12. The number of carbonyl (C=O) groups is 1. The lowest BCUT2D eigenvalue weighted by atomic mass is 10.1. The van der Waals surface area contributed by atoms with Crippen LogP contribution in [0.5, 0.6) is 0 Å². The standard InChI is InChI=1S/C21H27FN4O.HI/c1-4-23-21(25-14-17-6-5-7-18(22)12-17)24-13-16-8-10-19(11-9-16)26-20(27)15(2)3;/h5-12,15H,4,13-14H2,1-3H3,(H,26,27)(H2,23,24,25);1H. The number of guanidine groups is 1. The summed E-state index contributed by atoms with van der Waals surface area (Å²) in [7, 11) is 0. The second-order valence-corrected chi connectivity index (χ2v) is 6.52. The molecule has 28 heavy (non-hydrogen) atoms. The maximum Gasteiger partial charge on any atom is 0.226 e. The third kappa shape index (κ3) is 8.24. The fourth-order valence-corrected chi connectivity index (χ4v) is 2.33. The highest BCUT2D eigenvalue weighted by atomic mass is 127. The van der Waals surface area contributed by atoms with E-state index in [-0.39, 0.29) is 41.6 Å². The molecule has 5 nitrogen and oxygen atoms in total. The number of carbonyl (C=O) groups excluding carboxylic acids is 1. The molecule has 0 aliphatic heterocycles. The van der Waals surface area contributed by atoms with Crippen LogP contribution in [-0.2, 0) is 17.9 Å². The number of hydrogen-bond donors (Lipinski definition) is 3. The van der Waals surface area contributed by atoms with Gasteiger partial charge < -0.3 is 16.0 Å². The quantitative estimate of drug-likeness (QED) is 0.303. The summed E-state index contributed by atoms with van der Waals surface area (Å²) in [5.74, 6) is 0.354. The van der Waals surface area contributed by atoms with Gasteiger partial charge in [-0.05, 0) is 42.3 Å². The SMILES string of the molecule is CCNC(=NCc1cccc(F)c1)NCc1ccc(NC(=O)C(C)C)cc1.I. The van der Waals surface area contributed by atoms with Crippen LogP contribution in [-0.4, -0.2) is 18.4 Å². The van der Waals surface area contributed by atoms with Gasteiger partial charge in [-0.15, -0.1) is 24.0 Å². The van der Waals surface area contributed by atoms with Crippen molar-refractivity contribution in [3.05, 3.63) is 65.5 Å². The number of amides is 1. The first-order chi connectivity index (χ1) is 13.0. The van der Waals surface area contributed by atoms with E-state index in [0.29, 0.717) is 19.0 Å². The van der Waals surface area contributed by atoms with Crippen LogP contribution in [0.25, 0.3) is 0 Å². The van der Waals surface area contributed by atoms with E-state index in [4.69, 9.17) is 0 Å². The zero-order valence-electron chi connectivity index (χ0n) is 16.5. The summed E-state index contributed by atoms with van der Waals surface area (Å²) >= 11 is 0. The molecule has 0 aliphatic carbocycles. The van der Waals surface area contributed by atoms with Crippen molar-refractivity contribution in [1.29, 1.82) is 0 Å². The van der Waals surface area contributed by atoms with Crippen molar-refractivity contribution < 1.29 is 9.18 Å². The Kier molecular flexibility index (Phi) is 10.5. The lowest BCUT2D eigenvalue weighted by Crippen LogP contribution is -2.36. The summed E-state index contributed by atoms with van der Waals surface area (Å²) < 4.78 is 13.3. The first-order valence-electron chi connectivity index (χ1n) is 9.14. The van der Waals surface area contributed by atoms with Gasteiger partial charge in [0.2, 0.25) is 5.91 Å². The Hall–Kier alpha value is -2.16. The Labute approximate surface area is 183 Å². The summed E-state index contributed by atoms with van der Waals surface area (Å²) in [4.78, 5) is 16.2. The van der Waals surface area contributed by atoms with E-state index >= 15 is 0 Å². The molecular formula is C21H28FIN4O. The molecule has 0 aliphatic rings. The topological polar surface area (TPSA) is 65.5 Å². The number of hydrogen-bond acceptors (Lipinski definition) is 2. The van der Waals surface area contributed by atoms with Crippen molar-refractivity contribution in [3.8, 4) is 0 Å². The highest BCUT2D eigenvalue weighted by molar-refractivity contribution is 14.0. The largest absolute Gasteiger partial charge is 0.357 e. The Morgan fingerprint density at radius 1 is 1.07 bits per heavy atom. The van der Waals surface area contributed by atoms with Gasteiger partial charge in [-0.1, -0.05) is 38.1 Å².